The lowest BCUT2D eigenvalue weighted by molar-refractivity contribution is 0.459. The van der Waals surface area contributed by atoms with Crippen molar-refractivity contribution in [3.8, 4) is 0 Å². The lowest BCUT2D eigenvalue weighted by Crippen LogP contribution is -2.25. The fraction of sp³-hybridized carbons (Fsp3) is 0.676. The van der Waals surface area contributed by atoms with E-state index in [1.54, 1.807) is 0 Å². The summed E-state index contributed by atoms with van der Waals surface area (Å²) < 4.78 is 0. The Bertz CT molecular complexity index is 935. The van der Waals surface area contributed by atoms with Crippen LogP contribution in [0.25, 0.3) is 0 Å². The van der Waals surface area contributed by atoms with Gasteiger partial charge in [-0.25, -0.2) is 0 Å². The first kappa shape index (κ1) is 33.2. The van der Waals surface area contributed by atoms with Gasteiger partial charge >= 0.3 is 0 Å². The monoisotopic (exact) mass is 534 g/mol. The first-order valence-electron chi connectivity index (χ1n) is 15.8. The van der Waals surface area contributed by atoms with Gasteiger partial charge in [0, 0.05) is 11.4 Å². The van der Waals surface area contributed by atoms with E-state index in [4.69, 9.17) is 11.5 Å². The molecule has 0 atom stereocenters. The molecule has 0 unspecified atom stereocenters. The van der Waals surface area contributed by atoms with Crippen LogP contribution in [-0.2, 0) is 28.1 Å². The minimum absolute atomic E-state index is 0.0373. The molecule has 0 heterocycles. The maximum Gasteiger partial charge on any atom is 0.0390 e. The molecule has 0 aromatic heterocycles. The molecule has 2 heteroatoms. The van der Waals surface area contributed by atoms with Gasteiger partial charge in [0.25, 0.3) is 0 Å². The van der Waals surface area contributed by atoms with Crippen LogP contribution in [0.3, 0.4) is 0 Å². The molecule has 2 nitrogen and oxygen atoms in total. The Kier molecular flexibility index (Phi) is 10.8. The number of hydrogen-bond donors (Lipinski definition) is 2. The highest BCUT2D eigenvalue weighted by Crippen LogP contribution is 2.43. The number of nitrogens with two attached hydrogens (primary N) is 2. The third-order valence-electron chi connectivity index (χ3n) is 9.30. The molecule has 0 radical (unpaired) electrons. The molecule has 2 aromatic carbocycles. The minimum atomic E-state index is 0.0373. The number of anilines is 2. The molecule has 0 amide bonds. The van der Waals surface area contributed by atoms with E-state index in [1.165, 1.54) is 33.4 Å². The summed E-state index contributed by atoms with van der Waals surface area (Å²) in [5, 5.41) is 0. The van der Waals surface area contributed by atoms with E-state index in [9.17, 15) is 0 Å². The summed E-state index contributed by atoms with van der Waals surface area (Å²) in [4.78, 5) is 0. The molecule has 0 saturated carbocycles. The maximum atomic E-state index is 7.01. The van der Waals surface area contributed by atoms with Gasteiger partial charge in [-0.2, -0.15) is 0 Å². The molecule has 2 rings (SSSR count). The van der Waals surface area contributed by atoms with Gasteiger partial charge in [-0.05, 0) is 87.1 Å². The summed E-state index contributed by atoms with van der Waals surface area (Å²) in [5.41, 5.74) is 24.2. The Morgan fingerprint density at radius 1 is 0.436 bits per heavy atom. The molecule has 4 N–H and O–H groups in total. The zero-order valence-corrected chi connectivity index (χ0v) is 27.8. The Morgan fingerprint density at radius 2 is 0.641 bits per heavy atom. The maximum absolute atomic E-state index is 7.01. The van der Waals surface area contributed by atoms with Crippen LogP contribution in [-0.4, -0.2) is 0 Å². The van der Waals surface area contributed by atoms with Gasteiger partial charge in [0.1, 0.15) is 0 Å². The Hall–Kier alpha value is -1.96. The number of hydrogen-bond acceptors (Lipinski definition) is 2. The summed E-state index contributed by atoms with van der Waals surface area (Å²) >= 11 is 0. The summed E-state index contributed by atoms with van der Waals surface area (Å²) in [6.07, 6.45) is 9.99. The normalized spacial score (nSPS) is 13.2. The second kappa shape index (κ2) is 12.7. The molecule has 220 valence electrons. The Balaban J connectivity index is 2.82. The van der Waals surface area contributed by atoms with Crippen molar-refractivity contribution in [3.63, 3.8) is 0 Å². The topological polar surface area (TPSA) is 52.0 Å². The van der Waals surface area contributed by atoms with Gasteiger partial charge in [0.2, 0.25) is 0 Å². The van der Waals surface area contributed by atoms with E-state index in [0.29, 0.717) is 0 Å². The quantitative estimate of drug-likeness (QED) is 0.237. The van der Waals surface area contributed by atoms with Gasteiger partial charge in [0.05, 0.1) is 0 Å². The lowest BCUT2D eigenvalue weighted by atomic mass is 9.71. The highest BCUT2D eigenvalue weighted by molar-refractivity contribution is 5.63. The summed E-state index contributed by atoms with van der Waals surface area (Å²) in [7, 11) is 0. The van der Waals surface area contributed by atoms with Gasteiger partial charge in [-0.1, -0.05) is 133 Å². The summed E-state index contributed by atoms with van der Waals surface area (Å²) in [5.74, 6) is 0. The fourth-order valence-corrected chi connectivity index (χ4v) is 7.14. The first-order valence-corrected chi connectivity index (χ1v) is 15.8. The fourth-order valence-electron chi connectivity index (χ4n) is 7.14. The van der Waals surface area contributed by atoms with Gasteiger partial charge in [0.15, 0.2) is 0 Å². The molecule has 0 bridgehead atoms. The van der Waals surface area contributed by atoms with Gasteiger partial charge in [-0.15, -0.1) is 0 Å². The van der Waals surface area contributed by atoms with Crippen LogP contribution < -0.4 is 11.5 Å². The average molecular weight is 535 g/mol. The second-order valence-corrected chi connectivity index (χ2v) is 14.9. The molecule has 0 aliphatic carbocycles. The zero-order chi connectivity index (χ0) is 29.8. The van der Waals surface area contributed by atoms with Gasteiger partial charge < -0.3 is 11.5 Å². The van der Waals surface area contributed by atoms with Crippen molar-refractivity contribution in [2.24, 2.45) is 0 Å². The molecule has 0 aliphatic rings. The van der Waals surface area contributed by atoms with Crippen molar-refractivity contribution in [2.75, 3.05) is 11.5 Å². The number of rotatable bonds is 14. The van der Waals surface area contributed by atoms with E-state index < -0.39 is 0 Å². The highest BCUT2D eigenvalue weighted by Gasteiger charge is 2.31. The van der Waals surface area contributed by atoms with Crippen molar-refractivity contribution in [2.45, 2.75) is 163 Å². The smallest absolute Gasteiger partial charge is 0.0390 e. The van der Waals surface area contributed by atoms with Crippen molar-refractivity contribution >= 4 is 11.4 Å². The predicted octanol–water partition coefficient (Wildman–Crippen LogP) is 10.8. The number of benzene rings is 2. The molecular weight excluding hydrogens is 472 g/mol. The van der Waals surface area contributed by atoms with Crippen molar-refractivity contribution in [1.82, 2.24) is 0 Å². The number of nitrogen functional groups attached to an aromatic ring is 2. The van der Waals surface area contributed by atoms with E-state index in [0.717, 1.165) is 69.2 Å². The van der Waals surface area contributed by atoms with Crippen LogP contribution >= 0.6 is 0 Å². The first-order chi connectivity index (χ1) is 18.0. The van der Waals surface area contributed by atoms with Crippen molar-refractivity contribution < 1.29 is 0 Å². The van der Waals surface area contributed by atoms with Crippen LogP contribution in [0, 0.1) is 0 Å². The summed E-state index contributed by atoms with van der Waals surface area (Å²) in [6, 6.07) is 9.67. The lowest BCUT2D eigenvalue weighted by Gasteiger charge is -2.34. The zero-order valence-electron chi connectivity index (χ0n) is 27.8. The van der Waals surface area contributed by atoms with Crippen LogP contribution in [0.5, 0.6) is 0 Å². The molecule has 0 aliphatic heterocycles. The third-order valence-corrected chi connectivity index (χ3v) is 9.30. The van der Waals surface area contributed by atoms with E-state index in [1.807, 2.05) is 0 Å². The van der Waals surface area contributed by atoms with Crippen LogP contribution in [0.15, 0.2) is 24.3 Å². The SMILES string of the molecule is CCCC(C)(C)c1cc(Cc2cc(C(C)(C)CCC)c(N)c(C(C)(C)CCC)c2)cc(C(C)(C)CCC)c1N. The Morgan fingerprint density at radius 3 is 0.821 bits per heavy atom. The molecule has 0 spiro atoms. The molecule has 0 saturated heterocycles. The Labute approximate surface area is 242 Å². The standard InChI is InChI=1S/C37H62N2/c1-13-17-34(5,6)28-22-26(23-29(32(28)38)35(7,8)18-14-2)21-27-24-30(36(9,10)19-15-3)33(39)31(25-27)37(11,12)20-16-4/h22-25H,13-21,38-39H2,1-12H3. The highest BCUT2D eigenvalue weighted by atomic mass is 14.6. The van der Waals surface area contributed by atoms with Crippen LogP contribution in [0.4, 0.5) is 11.4 Å². The predicted molar refractivity (Wildman–Crippen MR) is 176 cm³/mol. The third kappa shape index (κ3) is 7.62. The van der Waals surface area contributed by atoms with Crippen molar-refractivity contribution in [3.05, 3.63) is 57.6 Å². The molecule has 0 fully saturated rings. The molecule has 39 heavy (non-hydrogen) atoms. The minimum Gasteiger partial charge on any atom is -0.398 e. The van der Waals surface area contributed by atoms with E-state index in [-0.39, 0.29) is 21.7 Å². The van der Waals surface area contributed by atoms with E-state index in [2.05, 4.69) is 107 Å². The van der Waals surface area contributed by atoms with Crippen molar-refractivity contribution in [1.29, 1.82) is 0 Å². The van der Waals surface area contributed by atoms with Gasteiger partial charge in [-0.3, -0.25) is 0 Å². The van der Waals surface area contributed by atoms with Crippen LogP contribution in [0.1, 0.15) is 168 Å². The molecular formula is C37H62N2. The largest absolute Gasteiger partial charge is 0.398 e. The summed E-state index contributed by atoms with van der Waals surface area (Å²) in [6.45, 7) is 28.0. The average Bonchev–Trinajstić information content (AvgIpc) is 2.80. The van der Waals surface area contributed by atoms with Crippen LogP contribution in [0.2, 0.25) is 0 Å². The van der Waals surface area contributed by atoms with E-state index >= 15 is 0 Å². The molecule has 2 aromatic rings. The second-order valence-electron chi connectivity index (χ2n) is 14.9.